The van der Waals surface area contributed by atoms with Crippen molar-refractivity contribution in [1.29, 1.82) is 0 Å². The fourth-order valence-corrected chi connectivity index (χ4v) is 2.46. The van der Waals surface area contributed by atoms with Crippen molar-refractivity contribution in [3.8, 4) is 5.75 Å². The lowest BCUT2D eigenvalue weighted by atomic mass is 10.1. The second-order valence-corrected chi connectivity index (χ2v) is 5.79. The van der Waals surface area contributed by atoms with E-state index in [4.69, 9.17) is 16.2 Å². The molecule has 1 aromatic carbocycles. The predicted molar refractivity (Wildman–Crippen MR) is 92.6 cm³/mol. The third kappa shape index (κ3) is 7.84. The Hall–Kier alpha value is -1.38. The summed E-state index contributed by atoms with van der Waals surface area (Å²) in [4.78, 5) is 0. The number of nitrogens with two attached hydrogens (primary N) is 2. The molecule has 0 saturated heterocycles. The average Bonchev–Trinajstić information content (AvgIpc) is 2.49. The molecule has 0 amide bonds. The van der Waals surface area contributed by atoms with Crippen molar-refractivity contribution in [3.63, 3.8) is 0 Å². The minimum absolute atomic E-state index is 0.560. The summed E-state index contributed by atoms with van der Waals surface area (Å²) in [5.74, 6) is 0.714. The second kappa shape index (κ2) is 11.3. The highest BCUT2D eigenvalue weighted by Gasteiger charge is 2.02. The minimum atomic E-state index is 0.560. The van der Waals surface area contributed by atoms with E-state index in [1.165, 1.54) is 57.8 Å². The van der Waals surface area contributed by atoms with Gasteiger partial charge in [-0.25, -0.2) is 0 Å². The first-order chi connectivity index (χ1) is 10.3. The maximum atomic E-state index is 5.86. The molecule has 3 nitrogen and oxygen atoms in total. The topological polar surface area (TPSA) is 61.3 Å². The molecule has 0 spiro atoms. The van der Waals surface area contributed by atoms with Crippen molar-refractivity contribution in [2.24, 2.45) is 0 Å². The lowest BCUT2D eigenvalue weighted by molar-refractivity contribution is 0.306. The highest BCUT2D eigenvalue weighted by Crippen LogP contribution is 2.26. The normalized spacial score (nSPS) is 10.7. The highest BCUT2D eigenvalue weighted by molar-refractivity contribution is 5.70. The van der Waals surface area contributed by atoms with E-state index < -0.39 is 0 Å². The first-order valence-corrected chi connectivity index (χ1v) is 8.52. The molecular formula is C18H32N2O. The van der Waals surface area contributed by atoms with Gasteiger partial charge in [0.25, 0.3) is 0 Å². The van der Waals surface area contributed by atoms with Gasteiger partial charge in [0.2, 0.25) is 0 Å². The minimum Gasteiger partial charge on any atom is -0.491 e. The van der Waals surface area contributed by atoms with Gasteiger partial charge in [-0.05, 0) is 18.6 Å². The van der Waals surface area contributed by atoms with Crippen LogP contribution in [0, 0.1) is 0 Å². The largest absolute Gasteiger partial charge is 0.491 e. The molecule has 21 heavy (non-hydrogen) atoms. The first kappa shape index (κ1) is 17.7. The molecule has 4 N–H and O–H groups in total. The summed E-state index contributed by atoms with van der Waals surface area (Å²) in [5, 5.41) is 0. The number of anilines is 2. The summed E-state index contributed by atoms with van der Waals surface area (Å²) in [6, 6.07) is 5.55. The molecule has 0 aromatic heterocycles. The number of rotatable bonds is 12. The Morgan fingerprint density at radius 3 is 2.00 bits per heavy atom. The van der Waals surface area contributed by atoms with E-state index in [2.05, 4.69) is 6.92 Å². The Kier molecular flexibility index (Phi) is 9.51. The molecule has 0 saturated carbocycles. The fourth-order valence-electron chi connectivity index (χ4n) is 2.46. The summed E-state index contributed by atoms with van der Waals surface area (Å²) in [5.41, 5.74) is 12.8. The number of ether oxygens (including phenoxy) is 1. The smallest absolute Gasteiger partial charge is 0.144 e. The molecule has 0 bridgehead atoms. The number of hydrogen-bond donors (Lipinski definition) is 2. The molecule has 0 fully saturated rings. The van der Waals surface area contributed by atoms with Gasteiger partial charge in [0.05, 0.1) is 18.0 Å². The molecule has 0 atom stereocenters. The third-order valence-corrected chi connectivity index (χ3v) is 3.86. The van der Waals surface area contributed by atoms with Gasteiger partial charge in [-0.3, -0.25) is 0 Å². The van der Waals surface area contributed by atoms with E-state index in [-0.39, 0.29) is 0 Å². The predicted octanol–water partition coefficient (Wildman–Crippen LogP) is 5.15. The maximum absolute atomic E-state index is 5.86. The van der Waals surface area contributed by atoms with Crippen LogP contribution in [-0.2, 0) is 0 Å². The SMILES string of the molecule is CCCCCCCCCCCCOc1cccc(N)c1N. The first-order valence-electron chi connectivity index (χ1n) is 8.52. The van der Waals surface area contributed by atoms with Gasteiger partial charge in [0, 0.05) is 0 Å². The van der Waals surface area contributed by atoms with E-state index >= 15 is 0 Å². The zero-order chi connectivity index (χ0) is 15.3. The van der Waals surface area contributed by atoms with E-state index in [1.54, 1.807) is 6.07 Å². The second-order valence-electron chi connectivity index (χ2n) is 5.79. The monoisotopic (exact) mass is 292 g/mol. The van der Waals surface area contributed by atoms with Crippen LogP contribution >= 0.6 is 0 Å². The molecule has 0 unspecified atom stereocenters. The summed E-state index contributed by atoms with van der Waals surface area (Å²) >= 11 is 0. The van der Waals surface area contributed by atoms with Crippen molar-refractivity contribution in [2.45, 2.75) is 71.1 Å². The third-order valence-electron chi connectivity index (χ3n) is 3.86. The van der Waals surface area contributed by atoms with Gasteiger partial charge in [-0.2, -0.15) is 0 Å². The van der Waals surface area contributed by atoms with Crippen molar-refractivity contribution in [2.75, 3.05) is 18.1 Å². The number of nitrogen functional groups attached to an aromatic ring is 2. The Morgan fingerprint density at radius 1 is 0.810 bits per heavy atom. The van der Waals surface area contributed by atoms with Crippen LogP contribution in [0.5, 0.6) is 5.75 Å². The number of benzene rings is 1. The summed E-state index contributed by atoms with van der Waals surface area (Å²) in [6.45, 7) is 2.99. The molecule has 3 heteroatoms. The lowest BCUT2D eigenvalue weighted by Gasteiger charge is -2.10. The Labute approximate surface area is 130 Å². The zero-order valence-corrected chi connectivity index (χ0v) is 13.6. The number of unbranched alkanes of at least 4 members (excludes halogenated alkanes) is 9. The molecule has 120 valence electrons. The van der Waals surface area contributed by atoms with Crippen LogP contribution in [0.15, 0.2) is 18.2 Å². The molecule has 0 radical (unpaired) electrons. The van der Waals surface area contributed by atoms with Crippen molar-refractivity contribution >= 4 is 11.4 Å². The van der Waals surface area contributed by atoms with Crippen LogP contribution in [-0.4, -0.2) is 6.61 Å². The summed E-state index contributed by atoms with van der Waals surface area (Å²) in [7, 11) is 0. The van der Waals surface area contributed by atoms with Crippen LogP contribution in [0.1, 0.15) is 71.1 Å². The Morgan fingerprint density at radius 2 is 1.38 bits per heavy atom. The van der Waals surface area contributed by atoms with E-state index in [0.29, 0.717) is 17.1 Å². The quantitative estimate of drug-likeness (QED) is 0.413. The molecule has 1 rings (SSSR count). The number of hydrogen-bond acceptors (Lipinski definition) is 3. The van der Waals surface area contributed by atoms with Crippen molar-refractivity contribution < 1.29 is 4.74 Å². The van der Waals surface area contributed by atoms with Crippen LogP contribution in [0.3, 0.4) is 0 Å². The highest BCUT2D eigenvalue weighted by atomic mass is 16.5. The standard InChI is InChI=1S/C18H32N2O/c1-2-3-4-5-6-7-8-9-10-11-15-21-17-14-12-13-16(19)18(17)20/h12-14H,2-11,15,19-20H2,1H3. The van der Waals surface area contributed by atoms with Crippen LogP contribution in [0.4, 0.5) is 11.4 Å². The molecule has 0 aliphatic rings. The van der Waals surface area contributed by atoms with Gasteiger partial charge < -0.3 is 16.2 Å². The fraction of sp³-hybridized carbons (Fsp3) is 0.667. The van der Waals surface area contributed by atoms with Crippen molar-refractivity contribution in [1.82, 2.24) is 0 Å². The van der Waals surface area contributed by atoms with Gasteiger partial charge in [-0.1, -0.05) is 70.8 Å². The molecule has 0 aliphatic heterocycles. The average molecular weight is 292 g/mol. The van der Waals surface area contributed by atoms with Gasteiger partial charge in [0.1, 0.15) is 5.75 Å². The van der Waals surface area contributed by atoms with Crippen LogP contribution in [0.2, 0.25) is 0 Å². The number of para-hydroxylation sites is 1. The van der Waals surface area contributed by atoms with E-state index in [9.17, 15) is 0 Å². The lowest BCUT2D eigenvalue weighted by Crippen LogP contribution is -2.02. The van der Waals surface area contributed by atoms with Gasteiger partial charge in [0.15, 0.2) is 0 Å². The van der Waals surface area contributed by atoms with Gasteiger partial charge >= 0.3 is 0 Å². The molecule has 0 heterocycles. The van der Waals surface area contributed by atoms with Crippen LogP contribution < -0.4 is 16.2 Å². The molecular weight excluding hydrogens is 260 g/mol. The summed E-state index contributed by atoms with van der Waals surface area (Å²) in [6.07, 6.45) is 13.3. The zero-order valence-electron chi connectivity index (χ0n) is 13.6. The van der Waals surface area contributed by atoms with Crippen molar-refractivity contribution in [3.05, 3.63) is 18.2 Å². The van der Waals surface area contributed by atoms with Crippen LogP contribution in [0.25, 0.3) is 0 Å². The van der Waals surface area contributed by atoms with E-state index in [0.717, 1.165) is 13.0 Å². The Balaban J connectivity index is 1.94. The molecule has 1 aromatic rings. The van der Waals surface area contributed by atoms with E-state index in [1.807, 2.05) is 12.1 Å². The van der Waals surface area contributed by atoms with Gasteiger partial charge in [-0.15, -0.1) is 0 Å². The molecule has 0 aliphatic carbocycles. The maximum Gasteiger partial charge on any atom is 0.144 e. The Bertz CT molecular complexity index is 379. The summed E-state index contributed by atoms with van der Waals surface area (Å²) < 4.78 is 5.68.